The van der Waals surface area contributed by atoms with Crippen LogP contribution in [0.5, 0.6) is 5.75 Å². The minimum atomic E-state index is -0.526. The largest absolute Gasteiger partial charge is 0.481 e. The van der Waals surface area contributed by atoms with Crippen molar-refractivity contribution in [2.75, 3.05) is 0 Å². The average molecular weight is 298 g/mol. The Kier molecular flexibility index (Phi) is 7.45. The molecule has 1 aromatic rings. The number of amides is 1. The van der Waals surface area contributed by atoms with Crippen molar-refractivity contribution in [2.45, 2.75) is 58.6 Å². The summed E-state index contributed by atoms with van der Waals surface area (Å²) in [5.41, 5.74) is 0. The lowest BCUT2D eigenvalue weighted by Gasteiger charge is -2.18. The summed E-state index contributed by atoms with van der Waals surface area (Å²) in [7, 11) is 0. The van der Waals surface area contributed by atoms with Gasteiger partial charge in [-0.1, -0.05) is 43.9 Å². The van der Waals surface area contributed by atoms with Crippen molar-refractivity contribution >= 4 is 17.5 Å². The minimum absolute atomic E-state index is 0.0889. The summed E-state index contributed by atoms with van der Waals surface area (Å²) in [6.45, 7) is 5.94. The first-order valence-electron chi connectivity index (χ1n) is 7.25. The van der Waals surface area contributed by atoms with Crippen LogP contribution in [0.15, 0.2) is 24.3 Å². The van der Waals surface area contributed by atoms with Gasteiger partial charge in [0.15, 0.2) is 6.10 Å². The Bertz CT molecular complexity index is 423. The Morgan fingerprint density at radius 2 is 2.10 bits per heavy atom. The lowest BCUT2D eigenvalue weighted by molar-refractivity contribution is -0.127. The number of hydrogen-bond donors (Lipinski definition) is 1. The number of ether oxygens (including phenoxy) is 1. The van der Waals surface area contributed by atoms with Crippen molar-refractivity contribution < 1.29 is 9.53 Å². The molecule has 0 radical (unpaired) electrons. The lowest BCUT2D eigenvalue weighted by atomic mass is 10.1. The molecule has 1 amide bonds. The number of hydrogen-bond acceptors (Lipinski definition) is 2. The van der Waals surface area contributed by atoms with Crippen LogP contribution in [0.4, 0.5) is 0 Å². The first kappa shape index (κ1) is 16.8. The first-order chi connectivity index (χ1) is 9.52. The smallest absolute Gasteiger partial charge is 0.260 e. The molecule has 4 heteroatoms. The molecule has 0 saturated heterocycles. The highest BCUT2D eigenvalue weighted by molar-refractivity contribution is 6.30. The van der Waals surface area contributed by atoms with Gasteiger partial charge in [0.05, 0.1) is 0 Å². The van der Waals surface area contributed by atoms with E-state index >= 15 is 0 Å². The fourth-order valence-electron chi connectivity index (χ4n) is 1.93. The van der Waals surface area contributed by atoms with E-state index in [9.17, 15) is 4.79 Å². The average Bonchev–Trinajstić information content (AvgIpc) is 2.38. The van der Waals surface area contributed by atoms with Gasteiger partial charge in [-0.05, 0) is 38.5 Å². The topological polar surface area (TPSA) is 38.3 Å². The van der Waals surface area contributed by atoms with Crippen LogP contribution in [0.2, 0.25) is 5.02 Å². The molecule has 0 bridgehead atoms. The molecular formula is C16H24ClNO2. The zero-order chi connectivity index (χ0) is 15.0. The van der Waals surface area contributed by atoms with Crippen molar-refractivity contribution in [3.8, 4) is 5.75 Å². The number of carbonyl (C=O) groups is 1. The predicted molar refractivity (Wildman–Crippen MR) is 83.3 cm³/mol. The highest BCUT2D eigenvalue weighted by Gasteiger charge is 2.16. The van der Waals surface area contributed by atoms with Crippen LogP contribution >= 0.6 is 11.6 Å². The molecule has 1 aromatic carbocycles. The van der Waals surface area contributed by atoms with Crippen LogP contribution in [0.25, 0.3) is 0 Å². The summed E-state index contributed by atoms with van der Waals surface area (Å²) in [6, 6.07) is 7.25. The maximum atomic E-state index is 12.0. The first-order valence-corrected chi connectivity index (χ1v) is 7.63. The molecule has 2 atom stereocenters. The van der Waals surface area contributed by atoms with Crippen molar-refractivity contribution in [3.63, 3.8) is 0 Å². The number of unbranched alkanes of at least 4 members (excludes halogenated alkanes) is 2. The lowest BCUT2D eigenvalue weighted by Crippen LogP contribution is -2.41. The van der Waals surface area contributed by atoms with Gasteiger partial charge in [0, 0.05) is 11.1 Å². The number of halogens is 1. The Labute approximate surface area is 126 Å². The van der Waals surface area contributed by atoms with Crippen LogP contribution in [-0.2, 0) is 4.79 Å². The van der Waals surface area contributed by atoms with E-state index in [1.54, 1.807) is 31.2 Å². The summed E-state index contributed by atoms with van der Waals surface area (Å²) in [4.78, 5) is 12.0. The summed E-state index contributed by atoms with van der Waals surface area (Å²) >= 11 is 5.88. The summed E-state index contributed by atoms with van der Waals surface area (Å²) in [5, 5.41) is 3.58. The van der Waals surface area contributed by atoms with Crippen LogP contribution in [-0.4, -0.2) is 18.1 Å². The van der Waals surface area contributed by atoms with Gasteiger partial charge in [0.1, 0.15) is 5.75 Å². The molecule has 112 valence electrons. The molecule has 0 aliphatic carbocycles. The van der Waals surface area contributed by atoms with Gasteiger partial charge in [-0.2, -0.15) is 0 Å². The molecule has 1 rings (SSSR count). The molecule has 0 aliphatic rings. The van der Waals surface area contributed by atoms with Gasteiger partial charge in [-0.3, -0.25) is 4.79 Å². The van der Waals surface area contributed by atoms with Gasteiger partial charge < -0.3 is 10.1 Å². The van der Waals surface area contributed by atoms with Crippen LogP contribution in [0.3, 0.4) is 0 Å². The van der Waals surface area contributed by atoms with E-state index in [0.29, 0.717) is 10.8 Å². The van der Waals surface area contributed by atoms with E-state index in [1.807, 2.05) is 6.92 Å². The van der Waals surface area contributed by atoms with Crippen molar-refractivity contribution in [2.24, 2.45) is 0 Å². The van der Waals surface area contributed by atoms with E-state index in [-0.39, 0.29) is 11.9 Å². The van der Waals surface area contributed by atoms with Crippen LogP contribution in [0.1, 0.15) is 46.5 Å². The van der Waals surface area contributed by atoms with Crippen molar-refractivity contribution in [1.82, 2.24) is 5.32 Å². The molecule has 0 spiro atoms. The van der Waals surface area contributed by atoms with E-state index in [2.05, 4.69) is 12.2 Å². The van der Waals surface area contributed by atoms with Crippen LogP contribution < -0.4 is 10.1 Å². The molecule has 0 heterocycles. The molecule has 0 saturated carbocycles. The number of nitrogens with one attached hydrogen (secondary N) is 1. The van der Waals surface area contributed by atoms with E-state index < -0.39 is 6.10 Å². The molecule has 0 fully saturated rings. The third-order valence-corrected chi connectivity index (χ3v) is 3.34. The van der Waals surface area contributed by atoms with Gasteiger partial charge >= 0.3 is 0 Å². The van der Waals surface area contributed by atoms with Crippen molar-refractivity contribution in [1.29, 1.82) is 0 Å². The predicted octanol–water partition coefficient (Wildman–Crippen LogP) is 4.19. The SMILES string of the molecule is CCCCC[C@@H](C)NC(=O)[C@H](C)Oc1cccc(Cl)c1. The molecule has 20 heavy (non-hydrogen) atoms. The van der Waals surface area contributed by atoms with Crippen LogP contribution in [0, 0.1) is 0 Å². The second kappa shape index (κ2) is 8.85. The Morgan fingerprint density at radius 3 is 2.75 bits per heavy atom. The molecule has 3 nitrogen and oxygen atoms in total. The zero-order valence-corrected chi connectivity index (χ0v) is 13.2. The van der Waals surface area contributed by atoms with Gasteiger partial charge in [0.2, 0.25) is 0 Å². The fraction of sp³-hybridized carbons (Fsp3) is 0.562. The third-order valence-electron chi connectivity index (χ3n) is 3.11. The molecular weight excluding hydrogens is 274 g/mol. The summed E-state index contributed by atoms with van der Waals surface area (Å²) in [5.74, 6) is 0.521. The standard InChI is InChI=1S/C16H24ClNO2/c1-4-5-6-8-12(2)18-16(19)13(3)20-15-10-7-9-14(17)11-15/h7,9-13H,4-6,8H2,1-3H3,(H,18,19)/t12-,13+/m1/s1. The van der Waals surface area contributed by atoms with Crippen molar-refractivity contribution in [3.05, 3.63) is 29.3 Å². The molecule has 0 unspecified atom stereocenters. The quantitative estimate of drug-likeness (QED) is 0.731. The maximum Gasteiger partial charge on any atom is 0.260 e. The Hall–Kier alpha value is -1.22. The number of rotatable bonds is 8. The van der Waals surface area contributed by atoms with E-state index in [4.69, 9.17) is 16.3 Å². The highest BCUT2D eigenvalue weighted by atomic mass is 35.5. The Balaban J connectivity index is 2.39. The van der Waals surface area contributed by atoms with Gasteiger partial charge in [-0.15, -0.1) is 0 Å². The van der Waals surface area contributed by atoms with Gasteiger partial charge in [0.25, 0.3) is 5.91 Å². The zero-order valence-electron chi connectivity index (χ0n) is 12.5. The van der Waals surface area contributed by atoms with E-state index in [0.717, 1.165) is 12.8 Å². The normalized spacial score (nSPS) is 13.6. The monoisotopic (exact) mass is 297 g/mol. The Morgan fingerprint density at radius 1 is 1.35 bits per heavy atom. The number of carbonyl (C=O) groups excluding carboxylic acids is 1. The van der Waals surface area contributed by atoms with E-state index in [1.165, 1.54) is 12.8 Å². The number of benzene rings is 1. The van der Waals surface area contributed by atoms with Gasteiger partial charge in [-0.25, -0.2) is 0 Å². The summed E-state index contributed by atoms with van der Waals surface area (Å²) < 4.78 is 5.59. The second-order valence-electron chi connectivity index (χ2n) is 5.12. The maximum absolute atomic E-state index is 12.0. The molecule has 1 N–H and O–H groups in total. The highest BCUT2D eigenvalue weighted by Crippen LogP contribution is 2.18. The molecule has 0 aliphatic heterocycles. The second-order valence-corrected chi connectivity index (χ2v) is 5.56. The summed E-state index contributed by atoms with van der Waals surface area (Å²) in [6.07, 6.45) is 4.01. The third kappa shape index (κ3) is 6.29. The molecule has 0 aromatic heterocycles. The fourth-order valence-corrected chi connectivity index (χ4v) is 2.11. The minimum Gasteiger partial charge on any atom is -0.481 e.